The Morgan fingerprint density at radius 3 is 2.96 bits per heavy atom. The molecule has 1 aromatic heterocycles. The molecule has 0 spiro atoms. The van der Waals surface area contributed by atoms with E-state index in [1.54, 1.807) is 16.7 Å². The number of carbonyl (C=O) groups excluding carboxylic acids is 2. The summed E-state index contributed by atoms with van der Waals surface area (Å²) in [6.45, 7) is 1.89. The molecule has 1 saturated heterocycles. The number of aromatic nitrogens is 3. The van der Waals surface area contributed by atoms with Gasteiger partial charge < -0.3 is 15.3 Å². The molecule has 0 aliphatic carbocycles. The minimum absolute atomic E-state index is 0.00871. The van der Waals surface area contributed by atoms with Gasteiger partial charge in [0.25, 0.3) is 0 Å². The Kier molecular flexibility index (Phi) is 6.59. The summed E-state index contributed by atoms with van der Waals surface area (Å²) in [5.74, 6) is -0.114. The first-order valence-corrected chi connectivity index (χ1v) is 8.92. The molecule has 2 N–H and O–H groups in total. The van der Waals surface area contributed by atoms with Crippen LogP contribution in [0.25, 0.3) is 0 Å². The Labute approximate surface area is 143 Å². The van der Waals surface area contributed by atoms with E-state index in [1.807, 2.05) is 6.92 Å². The van der Waals surface area contributed by atoms with E-state index in [0.717, 1.165) is 12.8 Å². The molecule has 2 rings (SSSR count). The fourth-order valence-electron chi connectivity index (χ4n) is 2.31. The Hall–Kier alpha value is -2.10. The van der Waals surface area contributed by atoms with Crippen LogP contribution < -0.4 is 5.32 Å². The van der Waals surface area contributed by atoms with Crippen molar-refractivity contribution in [1.29, 1.82) is 0 Å². The van der Waals surface area contributed by atoms with Crippen molar-refractivity contribution < 1.29 is 19.5 Å². The highest BCUT2D eigenvalue weighted by atomic mass is 32.2. The zero-order valence-electron chi connectivity index (χ0n) is 13.5. The summed E-state index contributed by atoms with van der Waals surface area (Å²) < 4.78 is 1.19. The van der Waals surface area contributed by atoms with Crippen molar-refractivity contribution in [3.8, 4) is 0 Å². The maximum absolute atomic E-state index is 12.3. The number of carbonyl (C=O) groups is 3. The van der Waals surface area contributed by atoms with Crippen LogP contribution in [0.5, 0.6) is 0 Å². The van der Waals surface area contributed by atoms with Crippen LogP contribution in [0.3, 0.4) is 0 Å². The molecule has 132 valence electrons. The molecule has 0 bridgehead atoms. The van der Waals surface area contributed by atoms with Gasteiger partial charge in [-0.1, -0.05) is 18.6 Å². The van der Waals surface area contributed by atoms with Gasteiger partial charge in [0.15, 0.2) is 0 Å². The molecule has 2 amide bonds. The van der Waals surface area contributed by atoms with Crippen LogP contribution in [0, 0.1) is 0 Å². The molecule has 2 heterocycles. The number of carboxylic acid groups (broad SMARTS) is 1. The molecule has 1 aliphatic rings. The molecule has 9 nitrogen and oxygen atoms in total. The standard InChI is InChI=1S/C14H21N5O4S/c1-2-3-4-12(20)19-9-24-8-11(19)14(23)15-5-10-6-18(17-16-10)7-13(21)22/h6,11H,2-5,7-9H2,1H3,(H,15,23)(H,21,22). The van der Waals surface area contributed by atoms with E-state index in [1.165, 1.54) is 10.9 Å². The van der Waals surface area contributed by atoms with Crippen molar-refractivity contribution in [2.24, 2.45) is 0 Å². The number of nitrogens with zero attached hydrogens (tertiary/aromatic N) is 4. The normalized spacial score (nSPS) is 17.0. The van der Waals surface area contributed by atoms with Crippen molar-refractivity contribution in [2.45, 2.75) is 45.3 Å². The summed E-state index contributed by atoms with van der Waals surface area (Å²) in [6.07, 6.45) is 3.70. The van der Waals surface area contributed by atoms with E-state index in [4.69, 9.17) is 5.11 Å². The summed E-state index contributed by atoms with van der Waals surface area (Å²) >= 11 is 1.56. The summed E-state index contributed by atoms with van der Waals surface area (Å²) in [4.78, 5) is 36.7. The predicted molar refractivity (Wildman–Crippen MR) is 87.0 cm³/mol. The van der Waals surface area contributed by atoms with Crippen LogP contribution in [0.2, 0.25) is 0 Å². The molecule has 24 heavy (non-hydrogen) atoms. The minimum Gasteiger partial charge on any atom is -0.480 e. The van der Waals surface area contributed by atoms with Crippen LogP contribution in [-0.4, -0.2) is 60.5 Å². The molecule has 10 heteroatoms. The first-order chi connectivity index (χ1) is 11.5. The topological polar surface area (TPSA) is 117 Å². The number of thioether (sulfide) groups is 1. The highest BCUT2D eigenvalue weighted by molar-refractivity contribution is 7.99. The van der Waals surface area contributed by atoms with Gasteiger partial charge in [-0.2, -0.15) is 0 Å². The van der Waals surface area contributed by atoms with Gasteiger partial charge in [0.1, 0.15) is 18.3 Å². The number of nitrogens with one attached hydrogen (secondary N) is 1. The SMILES string of the molecule is CCCCC(=O)N1CSCC1C(=O)NCc1cn(CC(=O)O)nn1. The second-order valence-electron chi connectivity index (χ2n) is 5.50. The number of rotatable bonds is 8. The summed E-state index contributed by atoms with van der Waals surface area (Å²) in [7, 11) is 0. The van der Waals surface area contributed by atoms with Gasteiger partial charge >= 0.3 is 5.97 Å². The van der Waals surface area contributed by atoms with Gasteiger partial charge in [-0.3, -0.25) is 14.4 Å². The highest BCUT2D eigenvalue weighted by Gasteiger charge is 2.34. The summed E-state index contributed by atoms with van der Waals surface area (Å²) in [5, 5.41) is 18.9. The molecule has 1 atom stereocenters. The molecular formula is C14H21N5O4S. The first-order valence-electron chi connectivity index (χ1n) is 7.77. The largest absolute Gasteiger partial charge is 0.480 e. The zero-order valence-corrected chi connectivity index (χ0v) is 14.3. The maximum atomic E-state index is 12.3. The van der Waals surface area contributed by atoms with E-state index >= 15 is 0 Å². The molecule has 1 fully saturated rings. The van der Waals surface area contributed by atoms with Crippen molar-refractivity contribution in [2.75, 3.05) is 11.6 Å². The van der Waals surface area contributed by atoms with Gasteiger partial charge in [0.05, 0.1) is 18.6 Å². The molecule has 0 saturated carbocycles. The molecular weight excluding hydrogens is 334 g/mol. The van der Waals surface area contributed by atoms with E-state index in [2.05, 4.69) is 15.6 Å². The number of hydrogen-bond donors (Lipinski definition) is 2. The fraction of sp³-hybridized carbons (Fsp3) is 0.643. The van der Waals surface area contributed by atoms with Gasteiger partial charge in [0.2, 0.25) is 11.8 Å². The number of carboxylic acids is 1. The molecule has 0 radical (unpaired) electrons. The van der Waals surface area contributed by atoms with Gasteiger partial charge in [-0.25, -0.2) is 4.68 Å². The summed E-state index contributed by atoms with van der Waals surface area (Å²) in [6, 6.07) is -0.464. The average molecular weight is 355 g/mol. The maximum Gasteiger partial charge on any atom is 0.325 e. The molecule has 1 unspecified atom stereocenters. The van der Waals surface area contributed by atoms with Crippen molar-refractivity contribution in [3.05, 3.63) is 11.9 Å². The van der Waals surface area contributed by atoms with E-state index in [9.17, 15) is 14.4 Å². The van der Waals surface area contributed by atoms with Crippen LogP contribution in [0.1, 0.15) is 31.9 Å². The predicted octanol–water partition coefficient (Wildman–Crippen LogP) is 0.0706. The lowest BCUT2D eigenvalue weighted by molar-refractivity contribution is -0.138. The Morgan fingerprint density at radius 1 is 1.46 bits per heavy atom. The van der Waals surface area contributed by atoms with Crippen LogP contribution in [-0.2, 0) is 27.5 Å². The van der Waals surface area contributed by atoms with Gasteiger partial charge in [0, 0.05) is 12.2 Å². The highest BCUT2D eigenvalue weighted by Crippen LogP contribution is 2.22. The van der Waals surface area contributed by atoms with E-state index in [0.29, 0.717) is 23.7 Å². The first kappa shape index (κ1) is 18.2. The number of hydrogen-bond acceptors (Lipinski definition) is 6. The Bertz CT molecular complexity index is 606. The molecule has 1 aromatic rings. The lowest BCUT2D eigenvalue weighted by atomic mass is 10.2. The second-order valence-corrected chi connectivity index (χ2v) is 6.50. The average Bonchev–Trinajstić information content (AvgIpc) is 3.19. The third-order valence-electron chi connectivity index (χ3n) is 3.58. The molecule has 0 aromatic carbocycles. The smallest absolute Gasteiger partial charge is 0.325 e. The lowest BCUT2D eigenvalue weighted by Gasteiger charge is -2.22. The summed E-state index contributed by atoms with van der Waals surface area (Å²) in [5.41, 5.74) is 0.471. The lowest BCUT2D eigenvalue weighted by Crippen LogP contribution is -2.47. The van der Waals surface area contributed by atoms with Crippen molar-refractivity contribution in [1.82, 2.24) is 25.2 Å². The molecule has 1 aliphatic heterocycles. The number of amides is 2. The van der Waals surface area contributed by atoms with E-state index in [-0.39, 0.29) is 24.9 Å². The van der Waals surface area contributed by atoms with Crippen LogP contribution in [0.15, 0.2) is 6.20 Å². The number of unbranched alkanes of at least 4 members (excludes halogenated alkanes) is 1. The quantitative estimate of drug-likeness (QED) is 0.677. The third kappa shape index (κ3) is 4.95. The van der Waals surface area contributed by atoms with Gasteiger partial charge in [-0.15, -0.1) is 16.9 Å². The number of aliphatic carboxylic acids is 1. The van der Waals surface area contributed by atoms with Crippen molar-refractivity contribution >= 4 is 29.5 Å². The third-order valence-corrected chi connectivity index (χ3v) is 4.59. The van der Waals surface area contributed by atoms with Crippen molar-refractivity contribution in [3.63, 3.8) is 0 Å². The van der Waals surface area contributed by atoms with E-state index < -0.39 is 12.0 Å². The fourth-order valence-corrected chi connectivity index (χ4v) is 3.49. The monoisotopic (exact) mass is 355 g/mol. The minimum atomic E-state index is -1.01. The second kappa shape index (κ2) is 8.67. The van der Waals surface area contributed by atoms with Crippen LogP contribution in [0.4, 0.5) is 0 Å². The van der Waals surface area contributed by atoms with Crippen LogP contribution >= 0.6 is 11.8 Å². The van der Waals surface area contributed by atoms with Gasteiger partial charge in [-0.05, 0) is 6.42 Å². The zero-order chi connectivity index (χ0) is 17.5. The Balaban J connectivity index is 1.85. The Morgan fingerprint density at radius 2 is 2.25 bits per heavy atom.